The van der Waals surface area contributed by atoms with Crippen LogP contribution in [0.15, 0.2) is 53.6 Å². The molecular formula is C25H26N6O2. The lowest BCUT2D eigenvalue weighted by Crippen LogP contribution is -2.46. The molecule has 8 nitrogen and oxygen atoms in total. The Labute approximate surface area is 190 Å². The van der Waals surface area contributed by atoms with Gasteiger partial charge in [-0.2, -0.15) is 0 Å². The topological polar surface area (TPSA) is 99.7 Å². The number of nitrogens with one attached hydrogen (secondary N) is 1. The van der Waals surface area contributed by atoms with Crippen LogP contribution in [0.5, 0.6) is 0 Å². The fraction of sp³-hybridized carbons (Fsp3) is 0.320. The minimum absolute atomic E-state index is 0.150. The monoisotopic (exact) mass is 442 g/mol. The molecule has 0 atom stereocenters. The highest BCUT2D eigenvalue weighted by atomic mass is 16.1. The van der Waals surface area contributed by atoms with Gasteiger partial charge in [-0.1, -0.05) is 0 Å². The third kappa shape index (κ3) is 3.66. The summed E-state index contributed by atoms with van der Waals surface area (Å²) < 4.78 is 1.58. The number of nitrogens with two attached hydrogens (primary N) is 1. The predicted octanol–water partition coefficient (Wildman–Crippen LogP) is 2.47. The standard InChI is InChI=1S/C25H26N6O2/c26-24(32)19-6-5-18(13-20(19)17-3-4-17)30-10-8-29(9-11-30)15-16-12-21-23(27-14-16)22-2-1-7-31(22)25(33)28-21/h1-2,5-7,12-14,17H,3-4,8-11,15H2,(H2,26,32)(H,28,33). The number of carbonyl (C=O) groups is 1. The van der Waals surface area contributed by atoms with Crippen LogP contribution in [0.25, 0.3) is 16.6 Å². The van der Waals surface area contributed by atoms with E-state index >= 15 is 0 Å². The van der Waals surface area contributed by atoms with Crippen LogP contribution in [0.3, 0.4) is 0 Å². The summed E-state index contributed by atoms with van der Waals surface area (Å²) in [4.78, 5) is 36.5. The van der Waals surface area contributed by atoms with Crippen LogP contribution in [0, 0.1) is 0 Å². The molecule has 1 aliphatic carbocycles. The summed E-state index contributed by atoms with van der Waals surface area (Å²) in [5.74, 6) is 0.143. The van der Waals surface area contributed by atoms with Crippen LogP contribution in [-0.2, 0) is 6.54 Å². The van der Waals surface area contributed by atoms with E-state index in [2.05, 4.69) is 25.8 Å². The van der Waals surface area contributed by atoms with Crippen molar-refractivity contribution in [1.82, 2.24) is 19.3 Å². The van der Waals surface area contributed by atoms with Crippen LogP contribution in [0.2, 0.25) is 0 Å². The van der Waals surface area contributed by atoms with Crippen molar-refractivity contribution in [2.75, 3.05) is 31.1 Å². The average Bonchev–Trinajstić information content (AvgIpc) is 3.55. The summed E-state index contributed by atoms with van der Waals surface area (Å²) in [7, 11) is 0. The molecule has 33 heavy (non-hydrogen) atoms. The van der Waals surface area contributed by atoms with Gasteiger partial charge in [0.1, 0.15) is 5.52 Å². The number of aromatic amines is 1. The van der Waals surface area contributed by atoms with Gasteiger partial charge in [-0.05, 0) is 66.3 Å². The van der Waals surface area contributed by atoms with Crippen molar-refractivity contribution < 1.29 is 4.79 Å². The molecule has 1 aliphatic heterocycles. The molecule has 8 heteroatoms. The Kier molecular flexibility index (Phi) is 4.69. The maximum absolute atomic E-state index is 12.3. The largest absolute Gasteiger partial charge is 0.369 e. The molecule has 3 N–H and O–H groups in total. The van der Waals surface area contributed by atoms with Gasteiger partial charge < -0.3 is 15.6 Å². The number of H-pyrrole nitrogens is 1. The number of hydrogen-bond acceptors (Lipinski definition) is 5. The molecule has 0 spiro atoms. The van der Waals surface area contributed by atoms with E-state index in [0.29, 0.717) is 11.5 Å². The first-order valence-electron chi connectivity index (χ1n) is 11.5. The van der Waals surface area contributed by atoms with Crippen LogP contribution in [0.4, 0.5) is 5.69 Å². The summed E-state index contributed by atoms with van der Waals surface area (Å²) in [6.45, 7) is 4.50. The Balaban J connectivity index is 1.16. The fourth-order valence-corrected chi connectivity index (χ4v) is 4.95. The van der Waals surface area contributed by atoms with E-state index < -0.39 is 0 Å². The van der Waals surface area contributed by atoms with Crippen molar-refractivity contribution in [3.8, 4) is 0 Å². The van der Waals surface area contributed by atoms with Gasteiger partial charge in [0.25, 0.3) is 0 Å². The number of fused-ring (bicyclic) bond motifs is 3. The maximum atomic E-state index is 12.3. The van der Waals surface area contributed by atoms with Crippen LogP contribution in [-0.4, -0.2) is 51.4 Å². The van der Waals surface area contributed by atoms with Crippen molar-refractivity contribution in [3.63, 3.8) is 0 Å². The highest BCUT2D eigenvalue weighted by Gasteiger charge is 2.28. The Morgan fingerprint density at radius 2 is 1.94 bits per heavy atom. The van der Waals surface area contributed by atoms with Gasteiger partial charge in [0.15, 0.2) is 0 Å². The molecule has 0 bridgehead atoms. The van der Waals surface area contributed by atoms with Crippen molar-refractivity contribution in [2.45, 2.75) is 25.3 Å². The molecule has 1 saturated heterocycles. The minimum Gasteiger partial charge on any atom is -0.369 e. The Morgan fingerprint density at radius 3 is 2.70 bits per heavy atom. The molecule has 2 aliphatic rings. The summed E-state index contributed by atoms with van der Waals surface area (Å²) in [6.07, 6.45) is 5.93. The lowest BCUT2D eigenvalue weighted by molar-refractivity contribution is 0.0999. The minimum atomic E-state index is -0.337. The van der Waals surface area contributed by atoms with E-state index in [4.69, 9.17) is 5.73 Å². The van der Waals surface area contributed by atoms with Gasteiger partial charge in [-0.25, -0.2) is 4.79 Å². The van der Waals surface area contributed by atoms with Gasteiger partial charge in [-0.15, -0.1) is 0 Å². The number of hydrogen-bond donors (Lipinski definition) is 2. The molecule has 2 fully saturated rings. The Hall–Kier alpha value is -3.65. The lowest BCUT2D eigenvalue weighted by atomic mass is 10.0. The third-order valence-corrected chi connectivity index (χ3v) is 6.86. The molecule has 6 rings (SSSR count). The number of primary amides is 1. The van der Waals surface area contributed by atoms with Crippen molar-refractivity contribution in [1.29, 1.82) is 0 Å². The summed E-state index contributed by atoms with van der Waals surface area (Å²) in [5.41, 5.74) is 11.9. The highest BCUT2D eigenvalue weighted by Crippen LogP contribution is 2.43. The number of piperazine rings is 1. The van der Waals surface area contributed by atoms with Crippen LogP contribution < -0.4 is 16.3 Å². The molecule has 4 aromatic rings. The molecule has 0 unspecified atom stereocenters. The van der Waals surface area contributed by atoms with Crippen molar-refractivity contribution in [2.24, 2.45) is 5.73 Å². The van der Waals surface area contributed by atoms with Crippen LogP contribution >= 0.6 is 0 Å². The van der Waals surface area contributed by atoms with Gasteiger partial charge in [-0.3, -0.25) is 19.1 Å². The van der Waals surface area contributed by atoms with Gasteiger partial charge in [0.05, 0.1) is 11.0 Å². The molecule has 3 aromatic heterocycles. The second-order valence-corrected chi connectivity index (χ2v) is 9.11. The van der Waals surface area contributed by atoms with Crippen molar-refractivity contribution in [3.05, 3.63) is 76.0 Å². The summed E-state index contributed by atoms with van der Waals surface area (Å²) in [6, 6.07) is 11.9. The Bertz CT molecular complexity index is 1430. The van der Waals surface area contributed by atoms with E-state index in [0.717, 1.165) is 73.2 Å². The zero-order valence-electron chi connectivity index (χ0n) is 18.3. The normalized spacial score (nSPS) is 17.2. The summed E-state index contributed by atoms with van der Waals surface area (Å²) in [5, 5.41) is 0. The van der Waals surface area contributed by atoms with Gasteiger partial charge >= 0.3 is 5.69 Å². The average molecular weight is 443 g/mol. The number of nitrogens with zero attached hydrogens (tertiary/aromatic N) is 4. The van der Waals surface area contributed by atoms with Gasteiger partial charge in [0, 0.05) is 56.4 Å². The second kappa shape index (κ2) is 7.74. The highest BCUT2D eigenvalue weighted by molar-refractivity contribution is 5.95. The SMILES string of the molecule is NC(=O)c1ccc(N2CCN(Cc3cnc4c(c3)[nH]c(=O)n3cccc43)CC2)cc1C1CC1. The predicted molar refractivity (Wildman–Crippen MR) is 128 cm³/mol. The zero-order valence-corrected chi connectivity index (χ0v) is 18.3. The molecule has 168 valence electrons. The lowest BCUT2D eigenvalue weighted by Gasteiger charge is -2.36. The molecule has 0 radical (unpaired) electrons. The number of benzene rings is 1. The molecule has 1 saturated carbocycles. The fourth-order valence-electron chi connectivity index (χ4n) is 4.95. The molecule has 1 amide bonds. The molecular weight excluding hydrogens is 416 g/mol. The van der Waals surface area contributed by atoms with Crippen molar-refractivity contribution >= 4 is 28.1 Å². The first-order valence-corrected chi connectivity index (χ1v) is 11.5. The quantitative estimate of drug-likeness (QED) is 0.495. The first kappa shape index (κ1) is 20.0. The van der Waals surface area contributed by atoms with E-state index in [1.54, 1.807) is 10.6 Å². The molecule has 4 heterocycles. The number of anilines is 1. The molecule has 1 aromatic carbocycles. The van der Waals surface area contributed by atoms with Crippen LogP contribution in [0.1, 0.15) is 40.2 Å². The number of pyridine rings is 1. The van der Waals surface area contributed by atoms with E-state index in [1.807, 2.05) is 36.5 Å². The maximum Gasteiger partial charge on any atom is 0.330 e. The number of aromatic nitrogens is 3. The van der Waals surface area contributed by atoms with E-state index in [9.17, 15) is 9.59 Å². The summed E-state index contributed by atoms with van der Waals surface area (Å²) >= 11 is 0. The second-order valence-electron chi connectivity index (χ2n) is 9.11. The number of rotatable bonds is 5. The number of carbonyl (C=O) groups excluding carboxylic acids is 1. The zero-order chi connectivity index (χ0) is 22.5. The smallest absolute Gasteiger partial charge is 0.330 e. The van der Waals surface area contributed by atoms with E-state index in [1.165, 1.54) is 5.69 Å². The number of amides is 1. The van der Waals surface area contributed by atoms with Gasteiger partial charge in [0.2, 0.25) is 5.91 Å². The first-order chi connectivity index (χ1) is 16.1. The van der Waals surface area contributed by atoms with E-state index in [-0.39, 0.29) is 11.6 Å². The third-order valence-electron chi connectivity index (χ3n) is 6.86. The Morgan fingerprint density at radius 1 is 1.12 bits per heavy atom.